The maximum absolute atomic E-state index is 15.5. The largest absolute Gasteiger partial charge is 0.466 e. The fraction of sp³-hybridized carbons (Fsp3) is 0.200. The summed E-state index contributed by atoms with van der Waals surface area (Å²) in [6.07, 6.45) is 0. The van der Waals surface area contributed by atoms with Gasteiger partial charge in [-0.15, -0.1) is 0 Å². The van der Waals surface area contributed by atoms with Gasteiger partial charge >= 0.3 is 17.9 Å². The molecule has 1 heterocycles. The quantitative estimate of drug-likeness (QED) is 0.417. The fourth-order valence-electron chi connectivity index (χ4n) is 3.86. The highest BCUT2D eigenvalue weighted by Crippen LogP contribution is 2.45. The molecule has 186 valence electrons. The first-order valence-electron chi connectivity index (χ1n) is 10.5. The fourth-order valence-corrected chi connectivity index (χ4v) is 4.47. The van der Waals surface area contributed by atoms with Gasteiger partial charge in [-0.3, -0.25) is 4.90 Å². The van der Waals surface area contributed by atoms with Gasteiger partial charge in [-0.05, 0) is 40.5 Å². The van der Waals surface area contributed by atoms with E-state index < -0.39 is 35.3 Å². The molecule has 0 saturated heterocycles. The average Bonchev–Trinajstić information content (AvgIpc) is 2.88. The van der Waals surface area contributed by atoms with Crippen molar-refractivity contribution in [2.45, 2.75) is 12.8 Å². The molecule has 0 spiro atoms. The molecule has 0 aliphatic carbocycles. The van der Waals surface area contributed by atoms with Crippen LogP contribution in [0.2, 0.25) is 0 Å². The second-order valence-corrected chi connectivity index (χ2v) is 8.20. The number of halogens is 2. The molecule has 0 bridgehead atoms. The van der Waals surface area contributed by atoms with Gasteiger partial charge in [-0.25, -0.2) is 18.8 Å². The number of carbonyl (C=O) groups is 3. The number of hydrogen-bond donors (Lipinski definition) is 1. The summed E-state index contributed by atoms with van der Waals surface area (Å²) in [7, 11) is 2.18. The van der Waals surface area contributed by atoms with Crippen molar-refractivity contribution in [3.63, 3.8) is 0 Å². The standard InChI is InChI=1S/C25H21BrFN3O6/c1-4-36-23(31)14-10-16(26)20(17(27)11-14)30-21(25(33)35-3)19(24(32)34-2)18(15(12-28)22(30)29)13-8-6-5-7-9-13/h5-11,18H,4,29H2,1-3H3. The Morgan fingerprint density at radius 3 is 2.28 bits per heavy atom. The summed E-state index contributed by atoms with van der Waals surface area (Å²) in [6.45, 7) is 1.68. The molecule has 9 nitrogen and oxygen atoms in total. The van der Waals surface area contributed by atoms with Crippen LogP contribution in [0, 0.1) is 17.1 Å². The van der Waals surface area contributed by atoms with Crippen molar-refractivity contribution in [2.24, 2.45) is 5.73 Å². The summed E-state index contributed by atoms with van der Waals surface area (Å²) in [4.78, 5) is 39.2. The van der Waals surface area contributed by atoms with E-state index in [1.165, 1.54) is 6.07 Å². The third-order valence-electron chi connectivity index (χ3n) is 5.36. The summed E-state index contributed by atoms with van der Waals surface area (Å²) >= 11 is 3.21. The minimum Gasteiger partial charge on any atom is -0.466 e. The maximum Gasteiger partial charge on any atom is 0.355 e. The van der Waals surface area contributed by atoms with E-state index in [0.717, 1.165) is 25.2 Å². The van der Waals surface area contributed by atoms with Gasteiger partial charge in [0, 0.05) is 4.47 Å². The zero-order chi connectivity index (χ0) is 26.6. The molecule has 1 atom stereocenters. The number of rotatable bonds is 6. The summed E-state index contributed by atoms with van der Waals surface area (Å²) in [5.74, 6) is -5.16. The van der Waals surface area contributed by atoms with E-state index in [-0.39, 0.29) is 39.3 Å². The Bertz CT molecular complexity index is 1310. The highest BCUT2D eigenvalue weighted by molar-refractivity contribution is 9.10. The Morgan fingerprint density at radius 2 is 1.75 bits per heavy atom. The van der Waals surface area contributed by atoms with Crippen molar-refractivity contribution >= 4 is 39.5 Å². The predicted molar refractivity (Wildman–Crippen MR) is 130 cm³/mol. The molecule has 0 fully saturated rings. The second kappa shape index (κ2) is 11.0. The van der Waals surface area contributed by atoms with Crippen molar-refractivity contribution in [2.75, 3.05) is 25.7 Å². The van der Waals surface area contributed by atoms with Crippen LogP contribution in [0.5, 0.6) is 0 Å². The maximum atomic E-state index is 15.5. The lowest BCUT2D eigenvalue weighted by atomic mass is 9.81. The van der Waals surface area contributed by atoms with Crippen LogP contribution in [0.4, 0.5) is 10.1 Å². The van der Waals surface area contributed by atoms with E-state index in [2.05, 4.69) is 15.9 Å². The van der Waals surface area contributed by atoms with Crippen LogP contribution in [0.1, 0.15) is 28.8 Å². The van der Waals surface area contributed by atoms with Crippen molar-refractivity contribution < 1.29 is 33.0 Å². The average molecular weight is 558 g/mol. The van der Waals surface area contributed by atoms with Crippen molar-refractivity contribution in [3.8, 4) is 6.07 Å². The van der Waals surface area contributed by atoms with E-state index in [9.17, 15) is 19.6 Å². The molecule has 11 heteroatoms. The summed E-state index contributed by atoms with van der Waals surface area (Å²) < 4.78 is 30.3. The van der Waals surface area contributed by atoms with E-state index >= 15 is 4.39 Å². The number of esters is 3. The molecule has 1 aliphatic heterocycles. The smallest absolute Gasteiger partial charge is 0.355 e. The number of ether oxygens (including phenoxy) is 3. The minimum atomic E-state index is -1.10. The lowest BCUT2D eigenvalue weighted by molar-refractivity contribution is -0.139. The third-order valence-corrected chi connectivity index (χ3v) is 5.97. The van der Waals surface area contributed by atoms with E-state index in [1.807, 2.05) is 6.07 Å². The molecule has 0 amide bonds. The summed E-state index contributed by atoms with van der Waals surface area (Å²) in [5.41, 5.74) is 5.55. The van der Waals surface area contributed by atoms with Gasteiger partial charge in [0.2, 0.25) is 0 Å². The van der Waals surface area contributed by atoms with Crippen LogP contribution in [-0.2, 0) is 23.8 Å². The monoisotopic (exact) mass is 557 g/mol. The topological polar surface area (TPSA) is 132 Å². The normalized spacial score (nSPS) is 15.3. The molecule has 0 aromatic heterocycles. The number of nitrogens with two attached hydrogens (primary N) is 1. The van der Waals surface area contributed by atoms with E-state index in [1.54, 1.807) is 37.3 Å². The molecule has 1 aliphatic rings. The molecule has 3 rings (SSSR count). The lowest BCUT2D eigenvalue weighted by Gasteiger charge is -2.36. The number of allylic oxidation sites excluding steroid dienone is 1. The van der Waals surface area contributed by atoms with Gasteiger partial charge in [0.15, 0.2) is 0 Å². The van der Waals surface area contributed by atoms with Crippen LogP contribution in [0.15, 0.2) is 69.6 Å². The zero-order valence-electron chi connectivity index (χ0n) is 19.5. The SMILES string of the molecule is CCOC(=O)c1cc(F)c(N2C(N)=C(C#N)C(c3ccccc3)C(C(=O)OC)=C2C(=O)OC)c(Br)c1. The molecule has 36 heavy (non-hydrogen) atoms. The first kappa shape index (κ1) is 26.4. The van der Waals surface area contributed by atoms with Crippen molar-refractivity contribution in [1.29, 1.82) is 5.26 Å². The first-order valence-corrected chi connectivity index (χ1v) is 11.3. The Morgan fingerprint density at radius 1 is 1.11 bits per heavy atom. The third kappa shape index (κ3) is 4.67. The van der Waals surface area contributed by atoms with E-state index in [4.69, 9.17) is 19.9 Å². The van der Waals surface area contributed by atoms with Gasteiger partial charge in [0.25, 0.3) is 0 Å². The second-order valence-electron chi connectivity index (χ2n) is 7.34. The summed E-state index contributed by atoms with van der Waals surface area (Å²) in [6, 6.07) is 12.5. The molecule has 2 N–H and O–H groups in total. The molecule has 2 aromatic rings. The van der Waals surface area contributed by atoms with Crippen LogP contribution in [0.25, 0.3) is 0 Å². The Kier molecular flexibility index (Phi) is 8.11. The molecule has 1 unspecified atom stereocenters. The number of nitriles is 1. The number of hydrogen-bond acceptors (Lipinski definition) is 9. The Balaban J connectivity index is 2.41. The Hall–Kier alpha value is -4.17. The highest BCUT2D eigenvalue weighted by atomic mass is 79.9. The van der Waals surface area contributed by atoms with Gasteiger partial charge in [0.1, 0.15) is 17.3 Å². The van der Waals surface area contributed by atoms with Gasteiger partial charge in [-0.2, -0.15) is 5.26 Å². The van der Waals surface area contributed by atoms with Crippen LogP contribution in [-0.4, -0.2) is 38.7 Å². The van der Waals surface area contributed by atoms with Gasteiger partial charge in [-0.1, -0.05) is 30.3 Å². The molecular weight excluding hydrogens is 537 g/mol. The molecule has 2 aromatic carbocycles. The van der Waals surface area contributed by atoms with Crippen LogP contribution in [0.3, 0.4) is 0 Å². The number of anilines is 1. The van der Waals surface area contributed by atoms with Crippen LogP contribution >= 0.6 is 15.9 Å². The Labute approximate surface area is 214 Å². The molecule has 0 saturated carbocycles. The predicted octanol–water partition coefficient (Wildman–Crippen LogP) is 3.66. The van der Waals surface area contributed by atoms with Crippen molar-refractivity contribution in [1.82, 2.24) is 0 Å². The number of benzene rings is 2. The summed E-state index contributed by atoms with van der Waals surface area (Å²) in [5, 5.41) is 10.1. The highest BCUT2D eigenvalue weighted by Gasteiger charge is 2.44. The number of nitrogens with zero attached hydrogens (tertiary/aromatic N) is 2. The lowest BCUT2D eigenvalue weighted by Crippen LogP contribution is -2.41. The van der Waals surface area contributed by atoms with Crippen LogP contribution < -0.4 is 10.6 Å². The van der Waals surface area contributed by atoms with E-state index in [0.29, 0.717) is 5.56 Å². The zero-order valence-corrected chi connectivity index (χ0v) is 21.1. The number of carbonyl (C=O) groups excluding carboxylic acids is 3. The minimum absolute atomic E-state index is 0.00503. The molecular formula is C25H21BrFN3O6. The molecule has 0 radical (unpaired) electrons. The van der Waals surface area contributed by atoms with Gasteiger partial charge < -0.3 is 19.9 Å². The first-order chi connectivity index (χ1) is 17.2. The van der Waals surface area contributed by atoms with Crippen molar-refractivity contribution in [3.05, 3.63) is 86.5 Å². The van der Waals surface area contributed by atoms with Gasteiger partial charge in [0.05, 0.1) is 55.2 Å². The number of methoxy groups -OCH3 is 2.